The molecule has 0 atom stereocenters. The summed E-state index contributed by atoms with van der Waals surface area (Å²) in [4.78, 5) is 12.9. The van der Waals surface area contributed by atoms with Crippen LogP contribution in [0, 0.1) is 0 Å². The first-order chi connectivity index (χ1) is 9.31. The van der Waals surface area contributed by atoms with E-state index in [4.69, 9.17) is 4.52 Å². The summed E-state index contributed by atoms with van der Waals surface area (Å²) in [7, 11) is 0. The van der Waals surface area contributed by atoms with E-state index in [0.29, 0.717) is 18.2 Å². The van der Waals surface area contributed by atoms with Crippen LogP contribution >= 0.6 is 11.3 Å². The van der Waals surface area contributed by atoms with Crippen LogP contribution in [0.15, 0.2) is 28.1 Å². The van der Waals surface area contributed by atoms with Gasteiger partial charge in [-0.15, -0.1) is 11.3 Å². The number of hydrogen-bond donors (Lipinski definition) is 1. The number of hydrogen-bond acceptors (Lipinski definition) is 4. The van der Waals surface area contributed by atoms with Gasteiger partial charge in [0, 0.05) is 12.1 Å². The Balaban J connectivity index is 1.59. The van der Waals surface area contributed by atoms with Gasteiger partial charge in [-0.3, -0.25) is 4.79 Å². The van der Waals surface area contributed by atoms with Gasteiger partial charge in [-0.1, -0.05) is 24.1 Å². The van der Waals surface area contributed by atoms with Crippen molar-refractivity contribution in [1.29, 1.82) is 0 Å². The van der Waals surface area contributed by atoms with E-state index in [0.717, 1.165) is 23.5 Å². The van der Waals surface area contributed by atoms with Crippen molar-refractivity contribution in [2.75, 3.05) is 0 Å². The molecule has 0 radical (unpaired) electrons. The molecule has 0 unspecified atom stereocenters. The molecule has 1 fully saturated rings. The molecule has 1 aliphatic rings. The van der Waals surface area contributed by atoms with Crippen LogP contribution in [0.5, 0.6) is 0 Å². The zero-order chi connectivity index (χ0) is 13.1. The molecule has 3 rings (SSSR count). The third-order valence-corrected chi connectivity index (χ3v) is 4.27. The first kappa shape index (κ1) is 12.4. The Morgan fingerprint density at radius 1 is 1.47 bits per heavy atom. The first-order valence-electron chi connectivity index (χ1n) is 6.60. The molecule has 0 saturated heterocycles. The Bertz CT molecular complexity index is 542. The lowest BCUT2D eigenvalue weighted by molar-refractivity contribution is -0.121. The van der Waals surface area contributed by atoms with Crippen molar-refractivity contribution in [2.24, 2.45) is 0 Å². The van der Waals surface area contributed by atoms with Gasteiger partial charge in [0.25, 0.3) is 0 Å². The highest BCUT2D eigenvalue weighted by atomic mass is 32.1. The maximum absolute atomic E-state index is 11.9. The summed E-state index contributed by atoms with van der Waals surface area (Å²) in [5, 5.41) is 9.00. The molecular weight excluding hydrogens is 260 g/mol. The molecule has 1 aliphatic carbocycles. The van der Waals surface area contributed by atoms with Gasteiger partial charge in [0.2, 0.25) is 5.91 Å². The van der Waals surface area contributed by atoms with Crippen LogP contribution in [-0.4, -0.2) is 17.1 Å². The summed E-state index contributed by atoms with van der Waals surface area (Å²) in [6.07, 6.45) is 4.94. The normalized spacial score (nSPS) is 15.8. The molecule has 4 nitrogen and oxygen atoms in total. The summed E-state index contributed by atoms with van der Waals surface area (Å²) >= 11 is 1.60. The zero-order valence-electron chi connectivity index (χ0n) is 10.6. The second-order valence-electron chi connectivity index (χ2n) is 4.89. The highest BCUT2D eigenvalue weighted by Crippen LogP contribution is 2.25. The molecule has 1 saturated carbocycles. The molecule has 0 aliphatic heterocycles. The first-order valence-corrected chi connectivity index (χ1v) is 7.48. The fourth-order valence-electron chi connectivity index (χ4n) is 2.44. The molecular formula is C14H16N2O2S. The highest BCUT2D eigenvalue weighted by Gasteiger charge is 2.18. The number of carbonyl (C=O) groups excluding carboxylic acids is 1. The molecule has 5 heteroatoms. The fourth-order valence-corrected chi connectivity index (χ4v) is 3.12. The highest BCUT2D eigenvalue weighted by molar-refractivity contribution is 7.13. The minimum absolute atomic E-state index is 0.0397. The Hall–Kier alpha value is -1.62. The smallest absolute Gasteiger partial charge is 0.226 e. The second-order valence-corrected chi connectivity index (χ2v) is 5.83. The molecule has 0 bridgehead atoms. The molecule has 0 spiro atoms. The van der Waals surface area contributed by atoms with Crippen molar-refractivity contribution in [3.05, 3.63) is 29.3 Å². The predicted octanol–water partition coefficient (Wildman–Crippen LogP) is 3.00. The lowest BCUT2D eigenvalue weighted by Gasteiger charge is -2.10. The van der Waals surface area contributed by atoms with Gasteiger partial charge in [0.1, 0.15) is 0 Å². The van der Waals surface area contributed by atoms with E-state index in [1.54, 1.807) is 11.3 Å². The number of carbonyl (C=O) groups is 1. The molecule has 2 heterocycles. The summed E-state index contributed by atoms with van der Waals surface area (Å²) in [6.45, 7) is 0. The van der Waals surface area contributed by atoms with Crippen LogP contribution < -0.4 is 5.32 Å². The van der Waals surface area contributed by atoms with Gasteiger partial charge in [0.15, 0.2) is 5.76 Å². The Morgan fingerprint density at radius 2 is 2.32 bits per heavy atom. The third kappa shape index (κ3) is 3.04. The van der Waals surface area contributed by atoms with Gasteiger partial charge in [0.05, 0.1) is 17.0 Å². The second kappa shape index (κ2) is 5.57. The summed E-state index contributed by atoms with van der Waals surface area (Å²) < 4.78 is 5.26. The van der Waals surface area contributed by atoms with E-state index >= 15 is 0 Å². The van der Waals surface area contributed by atoms with Gasteiger partial charge >= 0.3 is 0 Å². The fraction of sp³-hybridized carbons (Fsp3) is 0.429. The lowest BCUT2D eigenvalue weighted by Crippen LogP contribution is -2.33. The van der Waals surface area contributed by atoms with Gasteiger partial charge in [-0.2, -0.15) is 0 Å². The van der Waals surface area contributed by atoms with Gasteiger partial charge < -0.3 is 9.84 Å². The van der Waals surface area contributed by atoms with E-state index in [-0.39, 0.29) is 5.91 Å². The van der Waals surface area contributed by atoms with Crippen LogP contribution in [0.2, 0.25) is 0 Å². The van der Waals surface area contributed by atoms with Crippen molar-refractivity contribution in [1.82, 2.24) is 10.5 Å². The Morgan fingerprint density at radius 3 is 3.05 bits per heavy atom. The van der Waals surface area contributed by atoms with E-state index < -0.39 is 0 Å². The number of amides is 1. The van der Waals surface area contributed by atoms with Crippen LogP contribution in [0.3, 0.4) is 0 Å². The van der Waals surface area contributed by atoms with Crippen molar-refractivity contribution in [2.45, 2.75) is 38.1 Å². The maximum Gasteiger partial charge on any atom is 0.226 e. The molecule has 100 valence electrons. The molecule has 2 aromatic heterocycles. The van der Waals surface area contributed by atoms with E-state index in [9.17, 15) is 4.79 Å². The number of nitrogens with zero attached hydrogens (tertiary/aromatic N) is 1. The van der Waals surface area contributed by atoms with E-state index in [2.05, 4.69) is 10.5 Å². The van der Waals surface area contributed by atoms with Gasteiger partial charge in [-0.05, 0) is 24.3 Å². The summed E-state index contributed by atoms with van der Waals surface area (Å²) in [5.41, 5.74) is 0.693. The minimum Gasteiger partial charge on any atom is -0.355 e. The predicted molar refractivity (Wildman–Crippen MR) is 73.9 cm³/mol. The largest absolute Gasteiger partial charge is 0.355 e. The maximum atomic E-state index is 11.9. The number of rotatable bonds is 4. The van der Waals surface area contributed by atoms with Crippen molar-refractivity contribution < 1.29 is 9.32 Å². The average molecular weight is 276 g/mol. The molecule has 2 aromatic rings. The van der Waals surface area contributed by atoms with Crippen LogP contribution in [0.25, 0.3) is 10.6 Å². The lowest BCUT2D eigenvalue weighted by atomic mass is 10.2. The molecule has 1 amide bonds. The quantitative estimate of drug-likeness (QED) is 0.934. The zero-order valence-corrected chi connectivity index (χ0v) is 11.4. The topological polar surface area (TPSA) is 55.1 Å². The average Bonchev–Trinajstić information content (AvgIpc) is 3.09. The van der Waals surface area contributed by atoms with Crippen molar-refractivity contribution in [3.8, 4) is 10.6 Å². The monoisotopic (exact) mass is 276 g/mol. The van der Waals surface area contributed by atoms with E-state index in [1.807, 2.05) is 23.6 Å². The number of aromatic nitrogens is 1. The van der Waals surface area contributed by atoms with Crippen LogP contribution in [-0.2, 0) is 11.2 Å². The molecule has 1 N–H and O–H groups in total. The number of thiophene rings is 1. The van der Waals surface area contributed by atoms with Crippen LogP contribution in [0.1, 0.15) is 31.4 Å². The van der Waals surface area contributed by atoms with Gasteiger partial charge in [-0.25, -0.2) is 0 Å². The Kier molecular flexibility index (Phi) is 3.64. The standard InChI is InChI=1S/C14H16N2O2S/c17-14(15-10-4-1-2-5-10)9-11-8-12(18-16-11)13-6-3-7-19-13/h3,6-8,10H,1-2,4-5,9H2,(H,15,17). The minimum atomic E-state index is 0.0397. The number of nitrogens with one attached hydrogen (secondary N) is 1. The van der Waals surface area contributed by atoms with Crippen molar-refractivity contribution >= 4 is 17.2 Å². The summed E-state index contributed by atoms with van der Waals surface area (Å²) in [5.74, 6) is 0.775. The van der Waals surface area contributed by atoms with Crippen molar-refractivity contribution in [3.63, 3.8) is 0 Å². The van der Waals surface area contributed by atoms with E-state index in [1.165, 1.54) is 12.8 Å². The third-order valence-electron chi connectivity index (χ3n) is 3.38. The molecule has 19 heavy (non-hydrogen) atoms. The summed E-state index contributed by atoms with van der Waals surface area (Å²) in [6, 6.07) is 6.15. The SMILES string of the molecule is O=C(Cc1cc(-c2cccs2)on1)NC1CCCC1. The van der Waals surface area contributed by atoms with Crippen LogP contribution in [0.4, 0.5) is 0 Å². The Labute approximate surface area is 115 Å². The molecule has 0 aromatic carbocycles.